The number of amides is 2. The molecule has 2 heterocycles. The second-order valence-electron chi connectivity index (χ2n) is 8.13. The minimum atomic E-state index is -0.107. The van der Waals surface area contributed by atoms with Crippen molar-refractivity contribution in [2.24, 2.45) is 0 Å². The fraction of sp³-hybridized carbons (Fsp3) is 0.417. The lowest BCUT2D eigenvalue weighted by atomic mass is 10.1. The topological polar surface area (TPSA) is 43.9 Å². The largest absolute Gasteiger partial charge is 0.341 e. The summed E-state index contributed by atoms with van der Waals surface area (Å²) in [6, 6.07) is 18.2. The van der Waals surface area contributed by atoms with E-state index in [1.807, 2.05) is 53.1 Å². The zero-order valence-corrected chi connectivity index (χ0v) is 17.1. The maximum atomic E-state index is 13.1. The summed E-state index contributed by atoms with van der Waals surface area (Å²) < 4.78 is 0. The Morgan fingerprint density at radius 3 is 2.48 bits per heavy atom. The number of nitrogens with zero attached hydrogens (tertiary/aromatic N) is 3. The number of benzene rings is 2. The molecule has 29 heavy (non-hydrogen) atoms. The number of rotatable bonds is 4. The minimum Gasteiger partial charge on any atom is -0.341 e. The van der Waals surface area contributed by atoms with E-state index in [0.29, 0.717) is 32.5 Å². The summed E-state index contributed by atoms with van der Waals surface area (Å²) in [5.74, 6) is 0.358. The highest BCUT2D eigenvalue weighted by Gasteiger charge is 2.37. The molecule has 5 nitrogen and oxygen atoms in total. The lowest BCUT2D eigenvalue weighted by Gasteiger charge is -2.39. The van der Waals surface area contributed by atoms with Gasteiger partial charge in [0, 0.05) is 39.3 Å². The van der Waals surface area contributed by atoms with Crippen LogP contribution in [0.25, 0.3) is 0 Å². The van der Waals surface area contributed by atoms with Gasteiger partial charge in [-0.1, -0.05) is 60.2 Å². The Hall–Kier alpha value is -2.66. The molecule has 0 spiro atoms. The van der Waals surface area contributed by atoms with Crippen LogP contribution in [0.3, 0.4) is 0 Å². The van der Waals surface area contributed by atoms with Crippen molar-refractivity contribution in [3.8, 4) is 0 Å². The lowest BCUT2D eigenvalue weighted by Crippen LogP contribution is -2.56. The first kappa shape index (κ1) is 19.6. The maximum absolute atomic E-state index is 13.1. The van der Waals surface area contributed by atoms with Gasteiger partial charge in [0.1, 0.15) is 0 Å². The SMILES string of the molecule is Cc1cccc(CC(=O)N2CCC3C(=O)N(Cc4ccccc4)CCN3CC2)c1. The Kier molecular flexibility index (Phi) is 5.95. The van der Waals surface area contributed by atoms with E-state index in [1.165, 1.54) is 5.56 Å². The number of hydrogen-bond acceptors (Lipinski definition) is 3. The third kappa shape index (κ3) is 4.67. The molecule has 2 fully saturated rings. The van der Waals surface area contributed by atoms with Crippen molar-refractivity contribution in [3.05, 3.63) is 71.3 Å². The Morgan fingerprint density at radius 2 is 1.69 bits per heavy atom. The average Bonchev–Trinajstić information content (AvgIpc) is 2.94. The van der Waals surface area contributed by atoms with Gasteiger partial charge in [0.2, 0.25) is 11.8 Å². The summed E-state index contributed by atoms with van der Waals surface area (Å²) in [7, 11) is 0. The van der Waals surface area contributed by atoms with Crippen LogP contribution in [0.2, 0.25) is 0 Å². The Morgan fingerprint density at radius 1 is 0.931 bits per heavy atom. The van der Waals surface area contributed by atoms with E-state index in [-0.39, 0.29) is 17.9 Å². The highest BCUT2D eigenvalue weighted by Crippen LogP contribution is 2.20. The van der Waals surface area contributed by atoms with Gasteiger partial charge in [0.05, 0.1) is 12.5 Å². The van der Waals surface area contributed by atoms with Crippen molar-refractivity contribution in [3.63, 3.8) is 0 Å². The standard InChI is InChI=1S/C24H29N3O2/c1-19-6-5-9-21(16-19)17-23(28)26-11-10-22-24(29)27(15-13-25(22)12-14-26)18-20-7-3-2-4-8-20/h2-9,16,22H,10-15,17-18H2,1H3. The highest BCUT2D eigenvalue weighted by atomic mass is 16.2. The normalized spacial score (nSPS) is 20.3. The molecule has 1 unspecified atom stereocenters. The smallest absolute Gasteiger partial charge is 0.240 e. The second kappa shape index (κ2) is 8.78. The van der Waals surface area contributed by atoms with Gasteiger partial charge in [-0.2, -0.15) is 0 Å². The molecule has 0 aliphatic carbocycles. The molecule has 0 bridgehead atoms. The highest BCUT2D eigenvalue weighted by molar-refractivity contribution is 5.83. The van der Waals surface area contributed by atoms with Crippen molar-refractivity contribution in [2.45, 2.75) is 32.4 Å². The molecule has 152 valence electrons. The van der Waals surface area contributed by atoms with Gasteiger partial charge in [-0.3, -0.25) is 14.5 Å². The van der Waals surface area contributed by atoms with Crippen LogP contribution in [0.1, 0.15) is 23.1 Å². The summed E-state index contributed by atoms with van der Waals surface area (Å²) in [4.78, 5) is 32.1. The van der Waals surface area contributed by atoms with E-state index in [1.54, 1.807) is 0 Å². The number of hydrogen-bond donors (Lipinski definition) is 0. The van der Waals surface area contributed by atoms with Crippen LogP contribution in [0.15, 0.2) is 54.6 Å². The predicted molar refractivity (Wildman–Crippen MR) is 113 cm³/mol. The number of carbonyl (C=O) groups is 2. The van der Waals surface area contributed by atoms with Crippen LogP contribution < -0.4 is 0 Å². The van der Waals surface area contributed by atoms with Crippen LogP contribution in [0.4, 0.5) is 0 Å². The number of piperazine rings is 1. The fourth-order valence-corrected chi connectivity index (χ4v) is 4.41. The maximum Gasteiger partial charge on any atom is 0.240 e. The van der Waals surface area contributed by atoms with Gasteiger partial charge >= 0.3 is 0 Å². The molecule has 2 aliphatic rings. The molecule has 2 aliphatic heterocycles. The van der Waals surface area contributed by atoms with Gasteiger partial charge < -0.3 is 9.80 Å². The van der Waals surface area contributed by atoms with Crippen LogP contribution in [-0.2, 0) is 22.6 Å². The average molecular weight is 392 g/mol. The molecule has 0 radical (unpaired) electrons. The number of fused-ring (bicyclic) bond motifs is 1. The Balaban J connectivity index is 1.37. The number of carbonyl (C=O) groups excluding carboxylic acids is 2. The van der Waals surface area contributed by atoms with Crippen molar-refractivity contribution in [2.75, 3.05) is 32.7 Å². The molecule has 2 aromatic rings. The van der Waals surface area contributed by atoms with Gasteiger partial charge in [0.15, 0.2) is 0 Å². The zero-order valence-electron chi connectivity index (χ0n) is 17.1. The molecule has 2 amide bonds. The van der Waals surface area contributed by atoms with Crippen molar-refractivity contribution in [1.82, 2.24) is 14.7 Å². The van der Waals surface area contributed by atoms with Gasteiger partial charge in [-0.15, -0.1) is 0 Å². The third-order valence-corrected chi connectivity index (χ3v) is 6.03. The first-order chi connectivity index (χ1) is 14.1. The molecule has 1 atom stereocenters. The van der Waals surface area contributed by atoms with Crippen LogP contribution in [-0.4, -0.2) is 65.3 Å². The van der Waals surface area contributed by atoms with E-state index in [2.05, 4.69) is 23.1 Å². The monoisotopic (exact) mass is 391 g/mol. The fourth-order valence-electron chi connectivity index (χ4n) is 4.41. The molecule has 2 saturated heterocycles. The minimum absolute atomic E-state index is 0.107. The first-order valence-electron chi connectivity index (χ1n) is 10.5. The molecule has 0 aromatic heterocycles. The van der Waals surface area contributed by atoms with E-state index in [4.69, 9.17) is 0 Å². The molecular weight excluding hydrogens is 362 g/mol. The van der Waals surface area contributed by atoms with Crippen LogP contribution >= 0.6 is 0 Å². The first-order valence-corrected chi connectivity index (χ1v) is 10.5. The molecule has 5 heteroatoms. The van der Waals surface area contributed by atoms with Crippen molar-refractivity contribution >= 4 is 11.8 Å². The predicted octanol–water partition coefficient (Wildman–Crippen LogP) is 2.48. The van der Waals surface area contributed by atoms with Gasteiger partial charge in [0.25, 0.3) is 0 Å². The molecule has 0 N–H and O–H groups in total. The third-order valence-electron chi connectivity index (χ3n) is 6.03. The van der Waals surface area contributed by atoms with Gasteiger partial charge in [-0.05, 0) is 24.5 Å². The summed E-state index contributed by atoms with van der Waals surface area (Å²) in [5.41, 5.74) is 3.40. The van der Waals surface area contributed by atoms with Crippen LogP contribution in [0, 0.1) is 6.92 Å². The van der Waals surface area contributed by atoms with Gasteiger partial charge in [-0.25, -0.2) is 0 Å². The summed E-state index contributed by atoms with van der Waals surface area (Å²) in [6.07, 6.45) is 1.14. The summed E-state index contributed by atoms with van der Waals surface area (Å²) in [6.45, 7) is 6.47. The van der Waals surface area contributed by atoms with Crippen molar-refractivity contribution < 1.29 is 9.59 Å². The second-order valence-corrected chi connectivity index (χ2v) is 8.13. The van der Waals surface area contributed by atoms with Crippen molar-refractivity contribution in [1.29, 1.82) is 0 Å². The molecule has 2 aromatic carbocycles. The van der Waals surface area contributed by atoms with E-state index in [9.17, 15) is 9.59 Å². The Bertz CT molecular complexity index is 867. The zero-order chi connectivity index (χ0) is 20.2. The lowest BCUT2D eigenvalue weighted by molar-refractivity contribution is -0.142. The summed E-state index contributed by atoms with van der Waals surface area (Å²) in [5, 5.41) is 0. The molecule has 0 saturated carbocycles. The number of aryl methyl sites for hydroxylation is 1. The van der Waals surface area contributed by atoms with E-state index >= 15 is 0 Å². The van der Waals surface area contributed by atoms with E-state index < -0.39 is 0 Å². The summed E-state index contributed by atoms with van der Waals surface area (Å²) >= 11 is 0. The van der Waals surface area contributed by atoms with E-state index in [0.717, 1.165) is 30.8 Å². The molecular formula is C24H29N3O2. The quantitative estimate of drug-likeness (QED) is 0.804. The Labute approximate surface area is 172 Å². The molecule has 4 rings (SSSR count). The van der Waals surface area contributed by atoms with Crippen LogP contribution in [0.5, 0.6) is 0 Å².